The van der Waals surface area contributed by atoms with E-state index < -0.39 is 0 Å². The number of aromatic nitrogens is 2. The summed E-state index contributed by atoms with van der Waals surface area (Å²) in [5, 5.41) is 0. The van der Waals surface area contributed by atoms with Crippen molar-refractivity contribution in [3.05, 3.63) is 42.7 Å². The zero-order valence-electron chi connectivity index (χ0n) is 24.9. The third kappa shape index (κ3) is 14.8. The zero-order valence-corrected chi connectivity index (χ0v) is 24.9. The molecule has 0 N–H and O–H groups in total. The summed E-state index contributed by atoms with van der Waals surface area (Å²) >= 11 is 0. The lowest BCUT2D eigenvalue weighted by Gasteiger charge is -2.07. The lowest BCUT2D eigenvalue weighted by Crippen LogP contribution is -2.34. The second-order valence-corrected chi connectivity index (χ2v) is 11.4. The van der Waals surface area contributed by atoms with E-state index in [1.807, 2.05) is 0 Å². The Kier molecular flexibility index (Phi) is 19.2. The maximum Gasteiger partial charge on any atom is 0.288 e. The minimum Gasteiger partial charge on any atom is -0.230 e. The fourth-order valence-electron chi connectivity index (χ4n) is 5.64. The van der Waals surface area contributed by atoms with Gasteiger partial charge in [-0.3, -0.25) is 0 Å². The molecule has 0 unspecified atom stereocenters. The predicted molar refractivity (Wildman–Crippen MR) is 163 cm³/mol. The fraction of sp³-hybridized carbons (Fsp3) is 0.743. The monoisotopic (exact) mass is 509 g/mol. The van der Waals surface area contributed by atoms with Gasteiger partial charge in [0, 0.05) is 0 Å². The van der Waals surface area contributed by atoms with E-state index in [-0.39, 0.29) is 0 Å². The molecule has 2 heteroatoms. The van der Waals surface area contributed by atoms with Gasteiger partial charge in [-0.2, -0.15) is 0 Å². The van der Waals surface area contributed by atoms with E-state index in [1.165, 1.54) is 153 Å². The summed E-state index contributed by atoms with van der Waals surface area (Å²) in [6.07, 6.45) is 35.6. The van der Waals surface area contributed by atoms with E-state index in [9.17, 15) is 0 Å². The normalized spacial score (nSPS) is 11.4. The third-order valence-corrected chi connectivity index (χ3v) is 8.01. The van der Waals surface area contributed by atoms with Gasteiger partial charge in [0.15, 0.2) is 0 Å². The first-order valence-electron chi connectivity index (χ1n) is 16.5. The van der Waals surface area contributed by atoms with Crippen molar-refractivity contribution in [1.29, 1.82) is 0 Å². The first-order chi connectivity index (χ1) is 18.4. The highest BCUT2D eigenvalue weighted by molar-refractivity contribution is 5.52. The highest BCUT2D eigenvalue weighted by Gasteiger charge is 2.18. The Hall–Kier alpha value is -1.57. The summed E-state index contributed by atoms with van der Waals surface area (Å²) in [4.78, 5) is 0. The molecule has 37 heavy (non-hydrogen) atoms. The number of imidazole rings is 1. The minimum absolute atomic E-state index is 1.14. The average molecular weight is 510 g/mol. The summed E-state index contributed by atoms with van der Waals surface area (Å²) in [7, 11) is 0. The fourth-order valence-corrected chi connectivity index (χ4v) is 5.64. The second-order valence-electron chi connectivity index (χ2n) is 11.4. The molecule has 1 heterocycles. The molecule has 1 aromatic carbocycles. The molecular weight excluding hydrogens is 448 g/mol. The van der Waals surface area contributed by atoms with Gasteiger partial charge >= 0.3 is 0 Å². The van der Waals surface area contributed by atoms with E-state index >= 15 is 0 Å². The molecule has 0 aliphatic carbocycles. The molecule has 0 aliphatic heterocycles. The number of benzene rings is 1. The number of nitrogens with zero attached hydrogens (tertiary/aromatic N) is 2. The number of rotatable bonds is 25. The van der Waals surface area contributed by atoms with Crippen LogP contribution in [0.3, 0.4) is 0 Å². The summed E-state index contributed by atoms with van der Waals surface area (Å²) in [5.74, 6) is 1.40. The smallest absolute Gasteiger partial charge is 0.230 e. The van der Waals surface area contributed by atoms with Crippen molar-refractivity contribution in [3.63, 3.8) is 0 Å². The molecule has 0 amide bonds. The predicted octanol–water partition coefficient (Wildman–Crippen LogP) is 11.1. The highest BCUT2D eigenvalue weighted by Crippen LogP contribution is 2.18. The van der Waals surface area contributed by atoms with Crippen LogP contribution in [0.1, 0.15) is 155 Å². The molecule has 2 aromatic rings. The first-order valence-corrected chi connectivity index (χ1v) is 16.5. The van der Waals surface area contributed by atoms with Crippen molar-refractivity contribution < 1.29 is 4.57 Å². The van der Waals surface area contributed by atoms with Gasteiger partial charge < -0.3 is 0 Å². The van der Waals surface area contributed by atoms with Gasteiger partial charge in [-0.15, -0.1) is 0 Å². The maximum atomic E-state index is 2.52. The lowest BCUT2D eigenvalue weighted by molar-refractivity contribution is -0.686. The quantitative estimate of drug-likeness (QED) is 0.0929. The van der Waals surface area contributed by atoms with Crippen molar-refractivity contribution >= 4 is 0 Å². The topological polar surface area (TPSA) is 8.81 Å². The van der Waals surface area contributed by atoms with Gasteiger partial charge in [0.2, 0.25) is 0 Å². The van der Waals surface area contributed by atoms with E-state index in [1.54, 1.807) is 0 Å². The van der Waals surface area contributed by atoms with Crippen LogP contribution in [-0.2, 0) is 13.1 Å². The van der Waals surface area contributed by atoms with Crippen molar-refractivity contribution in [1.82, 2.24) is 4.57 Å². The molecule has 0 saturated carbocycles. The van der Waals surface area contributed by atoms with E-state index in [0.717, 1.165) is 13.1 Å². The zero-order chi connectivity index (χ0) is 26.2. The number of unbranched alkanes of at least 4 members (excludes halogenated alkanes) is 20. The SMILES string of the molecule is CCCCCCCCCCCCCCCn1cc[n+](CCCCCCCCCCC)c1-c1ccccc1. The summed E-state index contributed by atoms with van der Waals surface area (Å²) in [6, 6.07) is 11.1. The standard InChI is InChI=1S/C35H61N2/c1-3-5-7-9-11-13-14-15-16-18-20-22-27-31-37-33-32-36(35(37)34-28-24-23-25-29-34)30-26-21-19-17-12-10-8-6-4-2/h23-25,28-29,32-33H,3-22,26-27,30-31H2,1-2H3/q+1. The van der Waals surface area contributed by atoms with Crippen LogP contribution in [0, 0.1) is 0 Å². The van der Waals surface area contributed by atoms with Gasteiger partial charge in [-0.1, -0.05) is 148 Å². The van der Waals surface area contributed by atoms with Crippen LogP contribution in [-0.4, -0.2) is 4.57 Å². The average Bonchev–Trinajstić information content (AvgIpc) is 3.33. The number of hydrogen-bond acceptors (Lipinski definition) is 0. The molecule has 2 rings (SSSR count). The Morgan fingerprint density at radius 1 is 0.514 bits per heavy atom. The Bertz CT molecular complexity index is 748. The second kappa shape index (κ2) is 22.4. The Balaban J connectivity index is 1.64. The van der Waals surface area contributed by atoms with E-state index in [2.05, 4.69) is 65.7 Å². The highest BCUT2D eigenvalue weighted by atomic mass is 15.1. The minimum atomic E-state index is 1.14. The Morgan fingerprint density at radius 2 is 0.946 bits per heavy atom. The number of aryl methyl sites for hydroxylation is 2. The molecule has 0 atom stereocenters. The molecule has 2 nitrogen and oxygen atoms in total. The van der Waals surface area contributed by atoms with Crippen molar-refractivity contribution in [2.75, 3.05) is 0 Å². The van der Waals surface area contributed by atoms with Gasteiger partial charge in [-0.05, 0) is 37.8 Å². The number of hydrogen-bond donors (Lipinski definition) is 0. The van der Waals surface area contributed by atoms with E-state index in [0.29, 0.717) is 0 Å². The van der Waals surface area contributed by atoms with Crippen LogP contribution in [0.2, 0.25) is 0 Å². The maximum absolute atomic E-state index is 2.52. The van der Waals surface area contributed by atoms with E-state index in [4.69, 9.17) is 0 Å². The Labute approximate surface area is 231 Å². The van der Waals surface area contributed by atoms with Gasteiger partial charge in [0.25, 0.3) is 5.82 Å². The van der Waals surface area contributed by atoms with Crippen LogP contribution < -0.4 is 4.57 Å². The van der Waals surface area contributed by atoms with Crippen LogP contribution in [0.15, 0.2) is 42.7 Å². The molecule has 0 fully saturated rings. The molecule has 0 aliphatic rings. The summed E-state index contributed by atoms with van der Waals surface area (Å²) in [5.41, 5.74) is 1.36. The summed E-state index contributed by atoms with van der Waals surface area (Å²) < 4.78 is 5.03. The van der Waals surface area contributed by atoms with Crippen molar-refractivity contribution in [2.45, 2.75) is 168 Å². The molecular formula is C35H61N2+. The van der Waals surface area contributed by atoms with Crippen molar-refractivity contribution in [2.24, 2.45) is 0 Å². The third-order valence-electron chi connectivity index (χ3n) is 8.01. The molecule has 0 spiro atoms. The van der Waals surface area contributed by atoms with Gasteiger partial charge in [0.1, 0.15) is 12.4 Å². The summed E-state index contributed by atoms with van der Waals surface area (Å²) in [6.45, 7) is 6.89. The van der Waals surface area contributed by atoms with Gasteiger partial charge in [-0.25, -0.2) is 9.13 Å². The van der Waals surface area contributed by atoms with Crippen LogP contribution >= 0.6 is 0 Å². The molecule has 210 valence electrons. The van der Waals surface area contributed by atoms with Crippen molar-refractivity contribution in [3.8, 4) is 11.4 Å². The first kappa shape index (κ1) is 31.6. The van der Waals surface area contributed by atoms with Crippen LogP contribution in [0.4, 0.5) is 0 Å². The van der Waals surface area contributed by atoms with Gasteiger partial charge in [0.05, 0.1) is 18.7 Å². The van der Waals surface area contributed by atoms with Crippen LogP contribution in [0.5, 0.6) is 0 Å². The molecule has 0 saturated heterocycles. The molecule has 1 aromatic heterocycles. The molecule has 0 bridgehead atoms. The lowest BCUT2D eigenvalue weighted by atomic mass is 10.0. The molecule has 0 radical (unpaired) electrons. The Morgan fingerprint density at radius 3 is 1.43 bits per heavy atom. The van der Waals surface area contributed by atoms with Crippen LogP contribution in [0.25, 0.3) is 11.4 Å². The largest absolute Gasteiger partial charge is 0.288 e.